The van der Waals surface area contributed by atoms with Gasteiger partial charge in [0.05, 0.1) is 6.61 Å². The van der Waals surface area contributed by atoms with Gasteiger partial charge < -0.3 is 10.1 Å². The van der Waals surface area contributed by atoms with Gasteiger partial charge >= 0.3 is 0 Å². The zero-order chi connectivity index (χ0) is 14.0. The second kappa shape index (κ2) is 8.39. The van der Waals surface area contributed by atoms with Crippen LogP contribution in [-0.2, 0) is 17.8 Å². The second-order valence-electron chi connectivity index (χ2n) is 4.81. The number of rotatable bonds is 8. The number of hydrogen-bond donors (Lipinski definition) is 1. The molecule has 0 heterocycles. The molecule has 0 aromatic heterocycles. The molecule has 0 aliphatic carbocycles. The van der Waals surface area contributed by atoms with Gasteiger partial charge in [0.25, 0.3) is 0 Å². The van der Waals surface area contributed by atoms with Crippen molar-refractivity contribution in [3.05, 3.63) is 65.7 Å². The molecule has 0 radical (unpaired) electrons. The van der Waals surface area contributed by atoms with Crippen LogP contribution in [0, 0.1) is 0 Å². The van der Waals surface area contributed by atoms with E-state index in [2.05, 4.69) is 59.9 Å². The second-order valence-corrected chi connectivity index (χ2v) is 4.81. The molecule has 0 saturated carbocycles. The quantitative estimate of drug-likeness (QED) is 0.723. The molecule has 2 aromatic carbocycles. The Kier molecular flexibility index (Phi) is 6.12. The van der Waals surface area contributed by atoms with E-state index in [4.69, 9.17) is 4.74 Å². The van der Waals surface area contributed by atoms with Crippen molar-refractivity contribution in [1.29, 1.82) is 0 Å². The molecule has 106 valence electrons. The van der Waals surface area contributed by atoms with E-state index in [9.17, 15) is 0 Å². The Morgan fingerprint density at radius 3 is 2.50 bits per heavy atom. The zero-order valence-corrected chi connectivity index (χ0v) is 12.1. The van der Waals surface area contributed by atoms with Gasteiger partial charge in [-0.2, -0.15) is 0 Å². The minimum atomic E-state index is 0.679. The van der Waals surface area contributed by atoms with Crippen molar-refractivity contribution in [2.24, 2.45) is 0 Å². The highest BCUT2D eigenvalue weighted by Gasteiger charge is 2.00. The lowest BCUT2D eigenvalue weighted by Gasteiger charge is -2.12. The first-order chi connectivity index (χ1) is 9.90. The summed E-state index contributed by atoms with van der Waals surface area (Å²) in [5.74, 6) is 0. The van der Waals surface area contributed by atoms with Gasteiger partial charge in [0.2, 0.25) is 0 Å². The average molecular weight is 269 g/mol. The van der Waals surface area contributed by atoms with E-state index in [-0.39, 0.29) is 0 Å². The van der Waals surface area contributed by atoms with Gasteiger partial charge in [-0.25, -0.2) is 0 Å². The molecule has 0 saturated heterocycles. The maximum atomic E-state index is 5.50. The summed E-state index contributed by atoms with van der Waals surface area (Å²) in [5.41, 5.74) is 3.82. The Hall–Kier alpha value is -1.80. The molecule has 0 fully saturated rings. The zero-order valence-electron chi connectivity index (χ0n) is 12.1. The van der Waals surface area contributed by atoms with E-state index in [1.165, 1.54) is 16.8 Å². The predicted molar refractivity (Wildman–Crippen MR) is 85.0 cm³/mol. The normalized spacial score (nSPS) is 10.4. The van der Waals surface area contributed by atoms with Gasteiger partial charge in [0.1, 0.15) is 0 Å². The molecule has 0 aliphatic heterocycles. The minimum absolute atomic E-state index is 0.679. The van der Waals surface area contributed by atoms with Crippen molar-refractivity contribution in [2.45, 2.75) is 26.4 Å². The maximum absolute atomic E-state index is 5.50. The summed E-state index contributed by atoms with van der Waals surface area (Å²) in [6, 6.07) is 19.0. The highest BCUT2D eigenvalue weighted by atomic mass is 16.5. The molecule has 0 atom stereocenters. The van der Waals surface area contributed by atoms with E-state index < -0.39 is 0 Å². The van der Waals surface area contributed by atoms with Gasteiger partial charge in [-0.15, -0.1) is 0 Å². The Morgan fingerprint density at radius 1 is 0.950 bits per heavy atom. The van der Waals surface area contributed by atoms with Gasteiger partial charge in [-0.1, -0.05) is 48.5 Å². The van der Waals surface area contributed by atoms with Crippen LogP contribution >= 0.6 is 0 Å². The van der Waals surface area contributed by atoms with E-state index in [1.807, 2.05) is 6.92 Å². The van der Waals surface area contributed by atoms with Crippen molar-refractivity contribution >= 4 is 5.69 Å². The van der Waals surface area contributed by atoms with Crippen LogP contribution in [0.4, 0.5) is 5.69 Å². The summed E-state index contributed by atoms with van der Waals surface area (Å²) in [4.78, 5) is 0. The minimum Gasteiger partial charge on any atom is -0.385 e. The highest BCUT2D eigenvalue weighted by molar-refractivity contribution is 5.50. The lowest BCUT2D eigenvalue weighted by molar-refractivity contribution is 0.134. The van der Waals surface area contributed by atoms with Crippen molar-refractivity contribution in [1.82, 2.24) is 0 Å². The van der Waals surface area contributed by atoms with Crippen molar-refractivity contribution < 1.29 is 4.74 Å². The number of hydrogen-bond acceptors (Lipinski definition) is 2. The fourth-order valence-corrected chi connectivity index (χ4v) is 2.19. The Balaban J connectivity index is 1.79. The molecule has 0 unspecified atom stereocenters. The summed E-state index contributed by atoms with van der Waals surface area (Å²) < 4.78 is 5.50. The van der Waals surface area contributed by atoms with Crippen LogP contribution in [0.2, 0.25) is 0 Å². The monoisotopic (exact) mass is 269 g/mol. The standard InChI is InChI=1S/C18H23NO/c1-2-20-15-17-12-6-7-13-18(17)19-14-8-11-16-9-4-3-5-10-16/h3-7,9-10,12-13,19H,2,8,11,14-15H2,1H3. The molecule has 2 heteroatoms. The molecule has 0 spiro atoms. The van der Waals surface area contributed by atoms with E-state index in [0.717, 1.165) is 26.0 Å². The number of para-hydroxylation sites is 1. The van der Waals surface area contributed by atoms with Crippen LogP contribution in [0.1, 0.15) is 24.5 Å². The van der Waals surface area contributed by atoms with Crippen LogP contribution in [0.25, 0.3) is 0 Å². The molecular weight excluding hydrogens is 246 g/mol. The molecule has 2 aromatic rings. The number of aryl methyl sites for hydroxylation is 1. The largest absolute Gasteiger partial charge is 0.385 e. The summed E-state index contributed by atoms with van der Waals surface area (Å²) in [5, 5.41) is 3.51. The summed E-state index contributed by atoms with van der Waals surface area (Å²) in [6.07, 6.45) is 2.24. The van der Waals surface area contributed by atoms with Gasteiger partial charge in [-0.05, 0) is 31.4 Å². The summed E-state index contributed by atoms with van der Waals surface area (Å²) in [7, 11) is 0. The number of benzene rings is 2. The third-order valence-corrected chi connectivity index (χ3v) is 3.28. The lowest BCUT2D eigenvalue weighted by atomic mass is 10.1. The maximum Gasteiger partial charge on any atom is 0.0736 e. The van der Waals surface area contributed by atoms with Gasteiger partial charge in [0.15, 0.2) is 0 Å². The molecule has 2 nitrogen and oxygen atoms in total. The molecule has 0 bridgehead atoms. The third kappa shape index (κ3) is 4.71. The molecule has 1 N–H and O–H groups in total. The first kappa shape index (κ1) is 14.6. The molecule has 20 heavy (non-hydrogen) atoms. The summed E-state index contributed by atoms with van der Waals surface area (Å²) in [6.45, 7) is 4.44. The molecule has 2 rings (SSSR count). The smallest absolute Gasteiger partial charge is 0.0736 e. The Bertz CT molecular complexity index is 496. The van der Waals surface area contributed by atoms with Crippen LogP contribution in [0.15, 0.2) is 54.6 Å². The topological polar surface area (TPSA) is 21.3 Å². The van der Waals surface area contributed by atoms with Gasteiger partial charge in [0, 0.05) is 24.4 Å². The SMILES string of the molecule is CCOCc1ccccc1NCCCc1ccccc1. The number of nitrogens with one attached hydrogen (secondary N) is 1. The van der Waals surface area contributed by atoms with Gasteiger partial charge in [-0.3, -0.25) is 0 Å². The Labute approximate surface area is 121 Å². The van der Waals surface area contributed by atoms with Crippen molar-refractivity contribution in [3.8, 4) is 0 Å². The number of ether oxygens (including phenoxy) is 1. The van der Waals surface area contributed by atoms with E-state index in [0.29, 0.717) is 6.61 Å². The van der Waals surface area contributed by atoms with E-state index in [1.54, 1.807) is 0 Å². The van der Waals surface area contributed by atoms with Crippen LogP contribution < -0.4 is 5.32 Å². The van der Waals surface area contributed by atoms with Crippen LogP contribution in [-0.4, -0.2) is 13.2 Å². The first-order valence-corrected chi connectivity index (χ1v) is 7.33. The first-order valence-electron chi connectivity index (χ1n) is 7.33. The number of anilines is 1. The van der Waals surface area contributed by atoms with Crippen LogP contribution in [0.3, 0.4) is 0 Å². The highest BCUT2D eigenvalue weighted by Crippen LogP contribution is 2.16. The molecular formula is C18H23NO. The lowest BCUT2D eigenvalue weighted by Crippen LogP contribution is -2.06. The molecule has 0 amide bonds. The van der Waals surface area contributed by atoms with E-state index >= 15 is 0 Å². The van der Waals surface area contributed by atoms with Crippen molar-refractivity contribution in [3.63, 3.8) is 0 Å². The predicted octanol–water partition coefficient (Wildman–Crippen LogP) is 4.27. The fourth-order valence-electron chi connectivity index (χ4n) is 2.19. The molecule has 0 aliphatic rings. The van der Waals surface area contributed by atoms with Crippen molar-refractivity contribution in [2.75, 3.05) is 18.5 Å². The summed E-state index contributed by atoms with van der Waals surface area (Å²) >= 11 is 0. The fraction of sp³-hybridized carbons (Fsp3) is 0.333. The van der Waals surface area contributed by atoms with Crippen LogP contribution in [0.5, 0.6) is 0 Å². The third-order valence-electron chi connectivity index (χ3n) is 3.28. The average Bonchev–Trinajstić information content (AvgIpc) is 2.51. The Morgan fingerprint density at radius 2 is 1.70 bits per heavy atom.